The summed E-state index contributed by atoms with van der Waals surface area (Å²) < 4.78 is 5.44. The second kappa shape index (κ2) is 6.19. The fourth-order valence-electron chi connectivity index (χ4n) is 1.80. The van der Waals surface area contributed by atoms with Crippen molar-refractivity contribution in [2.75, 3.05) is 25.1 Å². The minimum Gasteiger partial charge on any atom is -0.494 e. The molecule has 0 aromatic heterocycles. The Morgan fingerprint density at radius 2 is 2.26 bits per heavy atom. The van der Waals surface area contributed by atoms with E-state index in [4.69, 9.17) is 10.5 Å². The minimum absolute atomic E-state index is 0.161. The van der Waals surface area contributed by atoms with Crippen molar-refractivity contribution in [3.63, 3.8) is 0 Å². The van der Waals surface area contributed by atoms with Gasteiger partial charge in [0.1, 0.15) is 5.75 Å². The molecule has 4 nitrogen and oxygen atoms in total. The van der Waals surface area contributed by atoms with E-state index >= 15 is 0 Å². The summed E-state index contributed by atoms with van der Waals surface area (Å²) in [7, 11) is 1.88. The summed E-state index contributed by atoms with van der Waals surface area (Å²) in [5, 5.41) is 0. The quantitative estimate of drug-likeness (QED) is 0.642. The summed E-state index contributed by atoms with van der Waals surface area (Å²) in [6.07, 6.45) is 2.27. The maximum atomic E-state index is 12.0. The third-order valence-corrected chi connectivity index (χ3v) is 4.19. The van der Waals surface area contributed by atoms with Crippen LogP contribution in [0.5, 0.6) is 5.75 Å². The van der Waals surface area contributed by atoms with Crippen LogP contribution < -0.4 is 10.5 Å². The molecular formula is C14H20N2O2S. The van der Waals surface area contributed by atoms with Crippen LogP contribution >= 0.6 is 11.8 Å². The first-order chi connectivity index (χ1) is 9.11. The molecule has 1 aromatic carbocycles. The van der Waals surface area contributed by atoms with Gasteiger partial charge in [0, 0.05) is 23.7 Å². The smallest absolute Gasteiger partial charge is 0.232 e. The van der Waals surface area contributed by atoms with Gasteiger partial charge in [0.25, 0.3) is 0 Å². The number of hydrogen-bond donors (Lipinski definition) is 1. The number of anilines is 1. The lowest BCUT2D eigenvalue weighted by atomic mass is 10.3. The number of nitrogen functional groups attached to an aromatic ring is 1. The number of amides is 1. The third-order valence-electron chi connectivity index (χ3n) is 3.14. The van der Waals surface area contributed by atoms with Crippen LogP contribution in [0.3, 0.4) is 0 Å². The van der Waals surface area contributed by atoms with E-state index in [1.165, 1.54) is 11.8 Å². The highest BCUT2D eigenvalue weighted by molar-refractivity contribution is 8.00. The molecule has 0 saturated heterocycles. The van der Waals surface area contributed by atoms with Crippen LogP contribution in [0.4, 0.5) is 5.69 Å². The zero-order chi connectivity index (χ0) is 13.8. The maximum absolute atomic E-state index is 12.0. The van der Waals surface area contributed by atoms with E-state index in [1.54, 1.807) is 0 Å². The van der Waals surface area contributed by atoms with E-state index < -0.39 is 0 Å². The van der Waals surface area contributed by atoms with Crippen molar-refractivity contribution in [1.82, 2.24) is 4.90 Å². The van der Waals surface area contributed by atoms with Crippen LogP contribution in [0.25, 0.3) is 0 Å². The maximum Gasteiger partial charge on any atom is 0.232 e. The molecule has 104 valence electrons. The molecule has 5 heteroatoms. The monoisotopic (exact) mass is 280 g/mol. The Hall–Kier alpha value is -1.36. The molecule has 2 rings (SSSR count). The third kappa shape index (κ3) is 3.80. The van der Waals surface area contributed by atoms with Gasteiger partial charge in [-0.15, -0.1) is 11.8 Å². The SMILES string of the molecule is CCOc1ccc(N)c(SCC(=O)N(C)C2CC2)c1. The Morgan fingerprint density at radius 1 is 1.53 bits per heavy atom. The number of nitrogens with zero attached hydrogens (tertiary/aromatic N) is 1. The zero-order valence-electron chi connectivity index (χ0n) is 11.4. The molecule has 0 aliphatic heterocycles. The van der Waals surface area contributed by atoms with Crippen molar-refractivity contribution in [2.24, 2.45) is 0 Å². The highest BCUT2D eigenvalue weighted by Crippen LogP contribution is 2.31. The van der Waals surface area contributed by atoms with Crippen LogP contribution in [-0.4, -0.2) is 36.3 Å². The Labute approximate surface area is 118 Å². The second-order valence-electron chi connectivity index (χ2n) is 4.66. The van der Waals surface area contributed by atoms with Gasteiger partial charge >= 0.3 is 0 Å². The van der Waals surface area contributed by atoms with Gasteiger partial charge in [0.2, 0.25) is 5.91 Å². The van der Waals surface area contributed by atoms with Gasteiger partial charge in [-0.1, -0.05) is 0 Å². The standard InChI is InChI=1S/C14H20N2O2S/c1-3-18-11-6-7-12(15)13(8-11)19-9-14(17)16(2)10-4-5-10/h6-8,10H,3-5,9,15H2,1-2H3. The number of hydrogen-bond acceptors (Lipinski definition) is 4. The molecule has 1 fully saturated rings. The van der Waals surface area contributed by atoms with Gasteiger partial charge in [0.05, 0.1) is 12.4 Å². The van der Waals surface area contributed by atoms with Gasteiger partial charge in [-0.3, -0.25) is 4.79 Å². The number of thioether (sulfide) groups is 1. The average molecular weight is 280 g/mol. The van der Waals surface area contributed by atoms with Crippen LogP contribution in [-0.2, 0) is 4.79 Å². The first-order valence-electron chi connectivity index (χ1n) is 6.52. The van der Waals surface area contributed by atoms with E-state index in [1.807, 2.05) is 37.1 Å². The number of rotatable bonds is 6. The Bertz CT molecular complexity index is 461. The predicted octanol–water partition coefficient (Wildman–Crippen LogP) is 2.38. The van der Waals surface area contributed by atoms with Crippen molar-refractivity contribution < 1.29 is 9.53 Å². The molecule has 0 heterocycles. The molecule has 0 bridgehead atoms. The van der Waals surface area contributed by atoms with Gasteiger partial charge in [-0.2, -0.15) is 0 Å². The second-order valence-corrected chi connectivity index (χ2v) is 5.67. The molecule has 1 aliphatic rings. The van der Waals surface area contributed by atoms with Gasteiger partial charge in [-0.25, -0.2) is 0 Å². The summed E-state index contributed by atoms with van der Waals surface area (Å²) >= 11 is 1.47. The Kier molecular flexibility index (Phi) is 4.58. The number of benzene rings is 1. The van der Waals surface area contributed by atoms with Crippen molar-refractivity contribution >= 4 is 23.4 Å². The lowest BCUT2D eigenvalue weighted by molar-refractivity contribution is -0.127. The molecule has 0 atom stereocenters. The van der Waals surface area contributed by atoms with Crippen molar-refractivity contribution in [2.45, 2.75) is 30.7 Å². The Balaban J connectivity index is 1.94. The van der Waals surface area contributed by atoms with Gasteiger partial charge in [0.15, 0.2) is 0 Å². The molecule has 19 heavy (non-hydrogen) atoms. The van der Waals surface area contributed by atoms with Crippen LogP contribution in [0.15, 0.2) is 23.1 Å². The molecule has 0 spiro atoms. The van der Waals surface area contributed by atoms with Crippen molar-refractivity contribution in [3.05, 3.63) is 18.2 Å². The topological polar surface area (TPSA) is 55.6 Å². The Morgan fingerprint density at radius 3 is 2.89 bits per heavy atom. The summed E-state index contributed by atoms with van der Waals surface area (Å²) in [5.41, 5.74) is 6.61. The molecule has 0 radical (unpaired) electrons. The summed E-state index contributed by atoms with van der Waals surface area (Å²) in [6.45, 7) is 2.56. The summed E-state index contributed by atoms with van der Waals surface area (Å²) in [5.74, 6) is 1.38. The molecule has 1 saturated carbocycles. The summed E-state index contributed by atoms with van der Waals surface area (Å²) in [4.78, 5) is 14.7. The lowest BCUT2D eigenvalue weighted by Crippen LogP contribution is -2.30. The van der Waals surface area contributed by atoms with E-state index in [2.05, 4.69) is 0 Å². The highest BCUT2D eigenvalue weighted by Gasteiger charge is 2.29. The van der Waals surface area contributed by atoms with Crippen LogP contribution in [0.1, 0.15) is 19.8 Å². The largest absolute Gasteiger partial charge is 0.494 e. The molecule has 0 unspecified atom stereocenters. The fourth-order valence-corrected chi connectivity index (χ4v) is 2.72. The van der Waals surface area contributed by atoms with E-state index in [0.29, 0.717) is 24.1 Å². The lowest BCUT2D eigenvalue weighted by Gasteiger charge is -2.16. The van der Waals surface area contributed by atoms with E-state index in [-0.39, 0.29) is 5.91 Å². The number of carbonyl (C=O) groups is 1. The van der Waals surface area contributed by atoms with Gasteiger partial charge < -0.3 is 15.4 Å². The van der Waals surface area contributed by atoms with Crippen molar-refractivity contribution in [1.29, 1.82) is 0 Å². The van der Waals surface area contributed by atoms with E-state index in [9.17, 15) is 4.79 Å². The number of carbonyl (C=O) groups excluding carboxylic acids is 1. The fraction of sp³-hybridized carbons (Fsp3) is 0.500. The molecule has 1 aromatic rings. The van der Waals surface area contributed by atoms with Gasteiger partial charge in [-0.05, 0) is 38.0 Å². The van der Waals surface area contributed by atoms with Crippen LogP contribution in [0, 0.1) is 0 Å². The van der Waals surface area contributed by atoms with E-state index in [0.717, 1.165) is 23.5 Å². The normalized spacial score (nSPS) is 14.2. The highest BCUT2D eigenvalue weighted by atomic mass is 32.2. The first kappa shape index (κ1) is 14.1. The minimum atomic E-state index is 0.161. The van der Waals surface area contributed by atoms with Crippen LogP contribution in [0.2, 0.25) is 0 Å². The van der Waals surface area contributed by atoms with Crippen molar-refractivity contribution in [3.8, 4) is 5.75 Å². The predicted molar refractivity (Wildman–Crippen MR) is 78.5 cm³/mol. The zero-order valence-corrected chi connectivity index (χ0v) is 12.2. The molecule has 1 aliphatic carbocycles. The average Bonchev–Trinajstić information content (AvgIpc) is 3.22. The number of nitrogens with two attached hydrogens (primary N) is 1. The number of ether oxygens (including phenoxy) is 1. The molecule has 1 amide bonds. The molecule has 2 N–H and O–H groups in total. The molecular weight excluding hydrogens is 260 g/mol. The summed E-state index contributed by atoms with van der Waals surface area (Å²) in [6, 6.07) is 6.03. The first-order valence-corrected chi connectivity index (χ1v) is 7.51.